The van der Waals surface area contributed by atoms with E-state index < -0.39 is 0 Å². The summed E-state index contributed by atoms with van der Waals surface area (Å²) in [5, 5.41) is 0.778. The number of hydrogen-bond donors (Lipinski definition) is 0. The summed E-state index contributed by atoms with van der Waals surface area (Å²) >= 11 is 5.82. The number of hydrogen-bond acceptors (Lipinski definition) is 2. The summed E-state index contributed by atoms with van der Waals surface area (Å²) in [4.78, 5) is 11.1. The van der Waals surface area contributed by atoms with Gasteiger partial charge in [-0.25, -0.2) is 0 Å². The van der Waals surface area contributed by atoms with Crippen molar-refractivity contribution in [3.05, 3.63) is 34.9 Å². The Morgan fingerprint density at radius 3 is 2.05 bits per heavy atom. The van der Waals surface area contributed by atoms with Gasteiger partial charge in [-0.05, 0) is 49.3 Å². The van der Waals surface area contributed by atoms with Gasteiger partial charge in [0.15, 0.2) is 0 Å². The Morgan fingerprint density at radius 2 is 1.58 bits per heavy atom. The van der Waals surface area contributed by atoms with Gasteiger partial charge in [-0.2, -0.15) is 0 Å². The molecule has 0 unspecified atom stereocenters. The first kappa shape index (κ1) is 14.5. The summed E-state index contributed by atoms with van der Waals surface area (Å²) in [6.07, 6.45) is 6.04. The van der Waals surface area contributed by atoms with Crippen molar-refractivity contribution < 1.29 is 9.53 Å². The van der Waals surface area contributed by atoms with Crippen molar-refractivity contribution in [2.24, 2.45) is 0 Å². The summed E-state index contributed by atoms with van der Waals surface area (Å²) in [6.45, 7) is 2.00. The molecule has 1 heterocycles. The van der Waals surface area contributed by atoms with Crippen LogP contribution in [0.5, 0.6) is 0 Å². The number of carbonyl (C=O) groups excluding carboxylic acids is 1. The molecule has 0 bridgehead atoms. The second-order valence-electron chi connectivity index (χ2n) is 5.18. The average molecular weight is 281 g/mol. The van der Waals surface area contributed by atoms with Gasteiger partial charge in [-0.1, -0.05) is 23.7 Å². The quantitative estimate of drug-likeness (QED) is 0.764. The number of benzene rings is 1. The van der Waals surface area contributed by atoms with Crippen LogP contribution in [0.1, 0.15) is 50.0 Å². The molecule has 2 aliphatic rings. The van der Waals surface area contributed by atoms with Crippen LogP contribution >= 0.6 is 11.6 Å². The van der Waals surface area contributed by atoms with Crippen molar-refractivity contribution in [1.82, 2.24) is 0 Å². The third-order valence-electron chi connectivity index (χ3n) is 3.71. The van der Waals surface area contributed by atoms with E-state index in [-0.39, 0.29) is 0 Å². The molecule has 1 aromatic rings. The van der Waals surface area contributed by atoms with Crippen LogP contribution in [0, 0.1) is 0 Å². The molecule has 0 aromatic heterocycles. The van der Waals surface area contributed by atoms with Gasteiger partial charge < -0.3 is 4.74 Å². The molecule has 0 radical (unpaired) electrons. The van der Waals surface area contributed by atoms with Crippen molar-refractivity contribution in [3.8, 4) is 0 Å². The maximum atomic E-state index is 11.1. The number of carbonyl (C=O) groups is 1. The molecular formula is C16H21ClO2. The van der Waals surface area contributed by atoms with Crippen molar-refractivity contribution in [1.29, 1.82) is 0 Å². The smallest absolute Gasteiger partial charge is 0.132 e. The van der Waals surface area contributed by atoms with Crippen LogP contribution in [0.25, 0.3) is 0 Å². The van der Waals surface area contributed by atoms with Crippen LogP contribution in [-0.2, 0) is 9.53 Å². The van der Waals surface area contributed by atoms with Gasteiger partial charge in [0.1, 0.15) is 5.78 Å². The van der Waals surface area contributed by atoms with Gasteiger partial charge in [-0.3, -0.25) is 4.79 Å². The molecule has 19 heavy (non-hydrogen) atoms. The van der Waals surface area contributed by atoms with Gasteiger partial charge in [-0.15, -0.1) is 0 Å². The van der Waals surface area contributed by atoms with E-state index >= 15 is 0 Å². The highest BCUT2D eigenvalue weighted by molar-refractivity contribution is 6.30. The van der Waals surface area contributed by atoms with E-state index in [0.717, 1.165) is 43.9 Å². The number of rotatable bonds is 1. The zero-order valence-electron chi connectivity index (χ0n) is 11.2. The Hall–Kier alpha value is -0.860. The predicted molar refractivity (Wildman–Crippen MR) is 77.7 cm³/mol. The zero-order valence-corrected chi connectivity index (χ0v) is 12.0. The normalized spacial score (nSPS) is 19.9. The molecule has 1 aliphatic heterocycles. The fraction of sp³-hybridized carbons (Fsp3) is 0.562. The molecule has 0 atom stereocenters. The number of ether oxygens (including phenoxy) is 1. The second kappa shape index (κ2) is 7.66. The fourth-order valence-corrected chi connectivity index (χ4v) is 2.64. The van der Waals surface area contributed by atoms with Crippen molar-refractivity contribution in [2.45, 2.75) is 44.4 Å². The maximum absolute atomic E-state index is 11.1. The minimum atomic E-state index is 0.412. The first-order chi connectivity index (χ1) is 9.25. The molecule has 104 valence electrons. The van der Waals surface area contributed by atoms with Gasteiger partial charge in [0, 0.05) is 31.1 Å². The Bertz CT molecular complexity index is 378. The van der Waals surface area contributed by atoms with Gasteiger partial charge >= 0.3 is 0 Å². The van der Waals surface area contributed by atoms with Crippen molar-refractivity contribution in [3.63, 3.8) is 0 Å². The first-order valence-corrected chi connectivity index (χ1v) is 7.48. The molecule has 2 fully saturated rings. The second-order valence-corrected chi connectivity index (χ2v) is 5.62. The number of Topliss-reactive ketones (excluding diaryl/α,β-unsaturated/α-hetero) is 1. The highest BCUT2D eigenvalue weighted by Gasteiger charge is 2.19. The lowest BCUT2D eigenvalue weighted by atomic mass is 9.83. The SMILES string of the molecule is C1CCOC1.O=C1CCC(c2ccc(Cl)cc2)CC1. The monoisotopic (exact) mass is 280 g/mol. The van der Waals surface area contributed by atoms with Gasteiger partial charge in [0.05, 0.1) is 0 Å². The number of halogens is 1. The molecule has 1 aromatic carbocycles. The molecule has 3 heteroatoms. The third kappa shape index (κ3) is 4.96. The van der Waals surface area contributed by atoms with Crippen molar-refractivity contribution >= 4 is 17.4 Å². The topological polar surface area (TPSA) is 26.3 Å². The molecule has 1 saturated heterocycles. The Morgan fingerprint density at radius 1 is 1.00 bits per heavy atom. The molecule has 1 saturated carbocycles. The van der Waals surface area contributed by atoms with Gasteiger partial charge in [0.2, 0.25) is 0 Å². The lowest BCUT2D eigenvalue weighted by Crippen LogP contribution is -2.12. The van der Waals surface area contributed by atoms with Crippen LogP contribution in [0.3, 0.4) is 0 Å². The van der Waals surface area contributed by atoms with Crippen LogP contribution in [0.4, 0.5) is 0 Å². The highest BCUT2D eigenvalue weighted by Crippen LogP contribution is 2.31. The van der Waals surface area contributed by atoms with E-state index in [4.69, 9.17) is 16.3 Å². The zero-order chi connectivity index (χ0) is 13.5. The van der Waals surface area contributed by atoms with E-state index in [1.54, 1.807) is 0 Å². The Balaban J connectivity index is 0.000000224. The van der Waals surface area contributed by atoms with Gasteiger partial charge in [0.25, 0.3) is 0 Å². The number of ketones is 1. The maximum Gasteiger partial charge on any atom is 0.132 e. The summed E-state index contributed by atoms with van der Waals surface area (Å²) in [6, 6.07) is 7.99. The van der Waals surface area contributed by atoms with E-state index in [1.165, 1.54) is 18.4 Å². The molecule has 0 spiro atoms. The van der Waals surface area contributed by atoms with E-state index in [1.807, 2.05) is 12.1 Å². The predicted octanol–water partition coefficient (Wildman–Crippen LogP) is 4.36. The Kier molecular flexibility index (Phi) is 5.87. The molecular weight excluding hydrogens is 260 g/mol. The lowest BCUT2D eigenvalue weighted by Gasteiger charge is -2.21. The standard InChI is InChI=1S/C12H13ClO.C4H8O/c13-11-5-1-9(2-6-11)10-3-7-12(14)8-4-10;1-2-4-5-3-1/h1-2,5-6,10H,3-4,7-8H2;1-4H2. The minimum absolute atomic E-state index is 0.412. The van der Waals surface area contributed by atoms with Crippen molar-refractivity contribution in [2.75, 3.05) is 13.2 Å². The average Bonchev–Trinajstić information content (AvgIpc) is 3.00. The summed E-state index contributed by atoms with van der Waals surface area (Å²) in [7, 11) is 0. The van der Waals surface area contributed by atoms with E-state index in [9.17, 15) is 4.79 Å². The summed E-state index contributed by atoms with van der Waals surface area (Å²) in [5.74, 6) is 0.972. The minimum Gasteiger partial charge on any atom is -0.381 e. The van der Waals surface area contributed by atoms with Crippen LogP contribution < -0.4 is 0 Å². The fourth-order valence-electron chi connectivity index (χ4n) is 2.52. The van der Waals surface area contributed by atoms with E-state index in [2.05, 4.69) is 12.1 Å². The van der Waals surface area contributed by atoms with Crippen LogP contribution in [0.15, 0.2) is 24.3 Å². The van der Waals surface area contributed by atoms with E-state index in [0.29, 0.717) is 11.7 Å². The summed E-state index contributed by atoms with van der Waals surface area (Å²) in [5.41, 5.74) is 1.32. The molecule has 2 nitrogen and oxygen atoms in total. The first-order valence-electron chi connectivity index (χ1n) is 7.10. The molecule has 0 amide bonds. The molecule has 3 rings (SSSR count). The lowest BCUT2D eigenvalue weighted by molar-refractivity contribution is -0.120. The Labute approximate surface area is 120 Å². The third-order valence-corrected chi connectivity index (χ3v) is 3.96. The van der Waals surface area contributed by atoms with Crippen LogP contribution in [-0.4, -0.2) is 19.0 Å². The molecule has 0 N–H and O–H groups in total. The highest BCUT2D eigenvalue weighted by atomic mass is 35.5. The summed E-state index contributed by atoms with van der Waals surface area (Å²) < 4.78 is 4.94. The molecule has 1 aliphatic carbocycles. The van der Waals surface area contributed by atoms with Crippen LogP contribution in [0.2, 0.25) is 5.02 Å². The largest absolute Gasteiger partial charge is 0.381 e.